The van der Waals surface area contributed by atoms with Crippen LogP contribution in [0.15, 0.2) is 46.3 Å². The lowest BCUT2D eigenvalue weighted by Gasteiger charge is -2.14. The fraction of sp³-hybridized carbons (Fsp3) is 0.316. The highest BCUT2D eigenvalue weighted by Gasteiger charge is 2.26. The Balaban J connectivity index is 1.73. The highest BCUT2D eigenvalue weighted by Crippen LogP contribution is 2.26. The zero-order valence-corrected chi connectivity index (χ0v) is 15.0. The SMILES string of the molecule is C[C@H](Sc1nc2cc3ccccc3cc2c(=O)n1C)C(=O)NC1CC1. The average Bonchev–Trinajstić information content (AvgIpc) is 3.42. The van der Waals surface area contributed by atoms with Crippen molar-refractivity contribution in [2.24, 2.45) is 7.05 Å². The van der Waals surface area contributed by atoms with Crippen LogP contribution in [-0.4, -0.2) is 26.8 Å². The van der Waals surface area contributed by atoms with Crippen molar-refractivity contribution in [3.05, 3.63) is 46.8 Å². The van der Waals surface area contributed by atoms with Crippen LogP contribution >= 0.6 is 11.8 Å². The maximum atomic E-state index is 12.7. The second-order valence-electron chi connectivity index (χ2n) is 6.52. The number of benzene rings is 2. The predicted molar refractivity (Wildman–Crippen MR) is 101 cm³/mol. The molecule has 3 aromatic rings. The van der Waals surface area contributed by atoms with Gasteiger partial charge >= 0.3 is 0 Å². The Morgan fingerprint density at radius 2 is 1.96 bits per heavy atom. The number of amides is 1. The minimum absolute atomic E-state index is 0.000331. The van der Waals surface area contributed by atoms with E-state index in [1.54, 1.807) is 7.05 Å². The van der Waals surface area contributed by atoms with Gasteiger partial charge in [0.1, 0.15) is 0 Å². The number of rotatable bonds is 4. The van der Waals surface area contributed by atoms with E-state index < -0.39 is 0 Å². The van der Waals surface area contributed by atoms with Crippen LogP contribution in [-0.2, 0) is 11.8 Å². The summed E-state index contributed by atoms with van der Waals surface area (Å²) >= 11 is 1.32. The van der Waals surface area contributed by atoms with Gasteiger partial charge < -0.3 is 5.32 Å². The van der Waals surface area contributed by atoms with Gasteiger partial charge in [0.25, 0.3) is 5.56 Å². The van der Waals surface area contributed by atoms with Gasteiger partial charge in [-0.2, -0.15) is 0 Å². The molecule has 6 heteroatoms. The van der Waals surface area contributed by atoms with E-state index in [0.717, 1.165) is 23.6 Å². The smallest absolute Gasteiger partial charge is 0.261 e. The first-order chi connectivity index (χ1) is 12.0. The van der Waals surface area contributed by atoms with Crippen LogP contribution in [0, 0.1) is 0 Å². The van der Waals surface area contributed by atoms with E-state index in [1.807, 2.05) is 43.3 Å². The largest absolute Gasteiger partial charge is 0.352 e. The Morgan fingerprint density at radius 3 is 2.64 bits per heavy atom. The Morgan fingerprint density at radius 1 is 1.28 bits per heavy atom. The third-order valence-corrected chi connectivity index (χ3v) is 5.62. The first-order valence-electron chi connectivity index (χ1n) is 8.39. The molecule has 1 amide bonds. The zero-order chi connectivity index (χ0) is 17.6. The molecule has 2 aromatic carbocycles. The number of hydrogen-bond donors (Lipinski definition) is 1. The molecule has 1 heterocycles. The molecule has 1 aliphatic carbocycles. The molecular formula is C19H19N3O2S. The highest BCUT2D eigenvalue weighted by molar-refractivity contribution is 8.00. The molecule has 0 aliphatic heterocycles. The first kappa shape index (κ1) is 16.1. The maximum absolute atomic E-state index is 12.7. The zero-order valence-electron chi connectivity index (χ0n) is 14.2. The fourth-order valence-corrected chi connectivity index (χ4v) is 3.68. The summed E-state index contributed by atoms with van der Waals surface area (Å²) in [6.45, 7) is 1.85. The molecule has 1 atom stereocenters. The van der Waals surface area contributed by atoms with Crippen LogP contribution < -0.4 is 10.9 Å². The van der Waals surface area contributed by atoms with E-state index in [4.69, 9.17) is 0 Å². The number of carbonyl (C=O) groups is 1. The molecule has 25 heavy (non-hydrogen) atoms. The maximum Gasteiger partial charge on any atom is 0.261 e. The molecule has 4 rings (SSSR count). The Labute approximate surface area is 149 Å². The van der Waals surface area contributed by atoms with Crippen LogP contribution in [0.25, 0.3) is 21.7 Å². The van der Waals surface area contributed by atoms with Gasteiger partial charge in [0.15, 0.2) is 5.16 Å². The van der Waals surface area contributed by atoms with E-state index in [9.17, 15) is 9.59 Å². The second kappa shape index (κ2) is 6.19. The van der Waals surface area contributed by atoms with Gasteiger partial charge in [-0.05, 0) is 42.7 Å². The van der Waals surface area contributed by atoms with Crippen molar-refractivity contribution in [1.82, 2.24) is 14.9 Å². The van der Waals surface area contributed by atoms with Crippen molar-refractivity contribution in [3.63, 3.8) is 0 Å². The first-order valence-corrected chi connectivity index (χ1v) is 9.27. The summed E-state index contributed by atoms with van der Waals surface area (Å²) in [5, 5.41) is 5.93. The van der Waals surface area contributed by atoms with Gasteiger partial charge in [0.2, 0.25) is 5.91 Å². The molecule has 1 N–H and O–H groups in total. The van der Waals surface area contributed by atoms with Gasteiger partial charge in [-0.25, -0.2) is 4.98 Å². The minimum Gasteiger partial charge on any atom is -0.352 e. The number of nitrogens with zero attached hydrogens (tertiary/aromatic N) is 2. The molecule has 0 radical (unpaired) electrons. The normalized spacial score (nSPS) is 15.4. The lowest BCUT2D eigenvalue weighted by Crippen LogP contribution is -2.33. The Bertz CT molecular complexity index is 1040. The molecular weight excluding hydrogens is 334 g/mol. The molecule has 5 nitrogen and oxygen atoms in total. The Hall–Kier alpha value is -2.34. The molecule has 0 spiro atoms. The molecule has 0 saturated heterocycles. The quantitative estimate of drug-likeness (QED) is 0.445. The summed E-state index contributed by atoms with van der Waals surface area (Å²) in [6.07, 6.45) is 2.12. The topological polar surface area (TPSA) is 64.0 Å². The highest BCUT2D eigenvalue weighted by atomic mass is 32.2. The van der Waals surface area contributed by atoms with E-state index in [0.29, 0.717) is 22.1 Å². The summed E-state index contributed by atoms with van der Waals surface area (Å²) in [5.74, 6) is 0.000331. The van der Waals surface area contributed by atoms with Crippen LogP contribution in [0.3, 0.4) is 0 Å². The van der Waals surface area contributed by atoms with Crippen LogP contribution in [0.1, 0.15) is 19.8 Å². The summed E-state index contributed by atoms with van der Waals surface area (Å²) in [7, 11) is 1.71. The molecule has 1 fully saturated rings. The van der Waals surface area contributed by atoms with E-state index in [1.165, 1.54) is 16.3 Å². The predicted octanol–water partition coefficient (Wildman–Crippen LogP) is 2.85. The Kier molecular flexibility index (Phi) is 4.00. The number of nitrogens with one attached hydrogen (secondary N) is 1. The monoisotopic (exact) mass is 353 g/mol. The molecule has 1 saturated carbocycles. The summed E-state index contributed by atoms with van der Waals surface area (Å²) < 4.78 is 1.53. The van der Waals surface area contributed by atoms with Gasteiger partial charge in [-0.3, -0.25) is 14.2 Å². The number of aromatic nitrogens is 2. The molecule has 0 bridgehead atoms. The number of thioether (sulfide) groups is 1. The molecule has 1 aromatic heterocycles. The number of hydrogen-bond acceptors (Lipinski definition) is 4. The molecule has 128 valence electrons. The van der Waals surface area contributed by atoms with Crippen molar-refractivity contribution < 1.29 is 4.79 Å². The van der Waals surface area contributed by atoms with E-state index >= 15 is 0 Å². The van der Waals surface area contributed by atoms with Gasteiger partial charge in [0, 0.05) is 13.1 Å². The van der Waals surface area contributed by atoms with Crippen molar-refractivity contribution >= 4 is 39.3 Å². The number of carbonyl (C=O) groups excluding carboxylic acids is 1. The third kappa shape index (κ3) is 3.14. The third-order valence-electron chi connectivity index (χ3n) is 4.48. The standard InChI is InChI=1S/C19H19N3O2S/c1-11(17(23)20-14-7-8-14)25-19-21-16-10-13-6-4-3-5-12(13)9-15(16)18(24)22(19)2/h3-6,9-11,14H,7-8H2,1-2H3,(H,20,23)/t11-/m0/s1. The lowest BCUT2D eigenvalue weighted by molar-refractivity contribution is -0.120. The number of fused-ring (bicyclic) bond motifs is 2. The lowest BCUT2D eigenvalue weighted by atomic mass is 10.1. The van der Waals surface area contributed by atoms with Gasteiger partial charge in [-0.15, -0.1) is 0 Å². The summed E-state index contributed by atoms with van der Waals surface area (Å²) in [6, 6.07) is 12.1. The summed E-state index contributed by atoms with van der Waals surface area (Å²) in [5.41, 5.74) is 0.576. The molecule has 1 aliphatic rings. The summed E-state index contributed by atoms with van der Waals surface area (Å²) in [4.78, 5) is 29.6. The van der Waals surface area contributed by atoms with Crippen LogP contribution in [0.2, 0.25) is 0 Å². The van der Waals surface area contributed by atoms with E-state index in [2.05, 4.69) is 10.3 Å². The van der Waals surface area contributed by atoms with Gasteiger partial charge in [-0.1, -0.05) is 36.0 Å². The van der Waals surface area contributed by atoms with Crippen LogP contribution in [0.4, 0.5) is 0 Å². The van der Waals surface area contributed by atoms with E-state index in [-0.39, 0.29) is 16.7 Å². The minimum atomic E-state index is -0.295. The van der Waals surface area contributed by atoms with Crippen molar-refractivity contribution in [2.45, 2.75) is 36.2 Å². The van der Waals surface area contributed by atoms with Gasteiger partial charge in [0.05, 0.1) is 16.2 Å². The van der Waals surface area contributed by atoms with Crippen molar-refractivity contribution in [2.75, 3.05) is 0 Å². The fourth-order valence-electron chi connectivity index (χ4n) is 2.80. The van der Waals surface area contributed by atoms with Crippen molar-refractivity contribution in [1.29, 1.82) is 0 Å². The second-order valence-corrected chi connectivity index (χ2v) is 7.83. The molecule has 0 unspecified atom stereocenters. The van der Waals surface area contributed by atoms with Crippen LogP contribution in [0.5, 0.6) is 0 Å². The average molecular weight is 353 g/mol. The van der Waals surface area contributed by atoms with Crippen molar-refractivity contribution in [3.8, 4) is 0 Å².